The number of benzene rings is 1. The van der Waals surface area contributed by atoms with E-state index in [9.17, 15) is 9.59 Å². The zero-order chi connectivity index (χ0) is 17.1. The molecule has 0 bridgehead atoms. The van der Waals surface area contributed by atoms with Gasteiger partial charge in [0.05, 0.1) is 0 Å². The Balaban J connectivity index is 1.69. The summed E-state index contributed by atoms with van der Waals surface area (Å²) in [6.07, 6.45) is 0.919. The van der Waals surface area contributed by atoms with Crippen molar-refractivity contribution in [3.05, 3.63) is 41.7 Å². The van der Waals surface area contributed by atoms with Crippen LogP contribution in [0.2, 0.25) is 0 Å². The number of hydrogen-bond donors (Lipinski definition) is 3. The van der Waals surface area contributed by atoms with Crippen LogP contribution in [0, 0.1) is 13.8 Å². The molecule has 1 aromatic carbocycles. The van der Waals surface area contributed by atoms with Crippen LogP contribution in [0.1, 0.15) is 24.2 Å². The third kappa shape index (κ3) is 3.87. The molecule has 0 spiro atoms. The zero-order valence-corrected chi connectivity index (χ0v) is 13.6. The minimum absolute atomic E-state index is 0.0856. The third-order valence-electron chi connectivity index (χ3n) is 3.68. The van der Waals surface area contributed by atoms with E-state index in [0.717, 1.165) is 17.1 Å². The third-order valence-corrected chi connectivity index (χ3v) is 3.68. The fourth-order valence-corrected chi connectivity index (χ4v) is 2.63. The molecule has 2 amide bonds. The molecular weight excluding hydrogens is 306 g/mol. The summed E-state index contributed by atoms with van der Waals surface area (Å²) in [6.45, 7) is 3.82. The molecule has 1 atom stereocenters. The topological polar surface area (TPSA) is 96.0 Å². The fraction of sp³-hybridized carbons (Fsp3) is 0.294. The van der Waals surface area contributed by atoms with E-state index < -0.39 is 6.04 Å². The quantitative estimate of drug-likeness (QED) is 0.799. The smallest absolute Gasteiger partial charge is 0.246 e. The van der Waals surface area contributed by atoms with Crippen molar-refractivity contribution in [3.8, 4) is 0 Å². The first-order chi connectivity index (χ1) is 11.5. The van der Waals surface area contributed by atoms with Gasteiger partial charge in [-0.3, -0.25) is 9.59 Å². The molecule has 24 heavy (non-hydrogen) atoms. The van der Waals surface area contributed by atoms with Gasteiger partial charge in [0.1, 0.15) is 6.04 Å². The van der Waals surface area contributed by atoms with Gasteiger partial charge in [-0.2, -0.15) is 0 Å². The van der Waals surface area contributed by atoms with Gasteiger partial charge in [0, 0.05) is 29.2 Å². The lowest BCUT2D eigenvalue weighted by molar-refractivity contribution is -0.122. The number of nitrogens with one attached hydrogen (secondary N) is 3. The molecule has 1 aliphatic rings. The van der Waals surface area contributed by atoms with Gasteiger partial charge in [0.25, 0.3) is 0 Å². The van der Waals surface area contributed by atoms with Crippen LogP contribution in [0.5, 0.6) is 0 Å². The van der Waals surface area contributed by atoms with E-state index in [1.54, 1.807) is 12.1 Å². The Morgan fingerprint density at radius 3 is 2.54 bits per heavy atom. The average molecular weight is 325 g/mol. The van der Waals surface area contributed by atoms with Crippen LogP contribution in [0.25, 0.3) is 0 Å². The number of hydrogen-bond acceptors (Lipinski definition) is 5. The molecule has 1 aromatic heterocycles. The highest BCUT2D eigenvalue weighted by Gasteiger charge is 2.27. The molecule has 1 fully saturated rings. The Morgan fingerprint density at radius 1 is 1.17 bits per heavy atom. The molecule has 2 aromatic rings. The summed E-state index contributed by atoms with van der Waals surface area (Å²) in [5.74, 6) is 0.220. The van der Waals surface area contributed by atoms with Gasteiger partial charge in [-0.1, -0.05) is 6.07 Å². The van der Waals surface area contributed by atoms with Crippen molar-refractivity contribution in [2.24, 2.45) is 0 Å². The van der Waals surface area contributed by atoms with E-state index in [2.05, 4.69) is 25.9 Å². The number of nitrogens with zero attached hydrogens (tertiary/aromatic N) is 2. The molecule has 3 rings (SSSR count). The summed E-state index contributed by atoms with van der Waals surface area (Å²) in [6, 6.07) is 8.73. The van der Waals surface area contributed by atoms with Gasteiger partial charge in [-0.15, -0.1) is 0 Å². The van der Waals surface area contributed by atoms with Gasteiger partial charge in [0.2, 0.25) is 17.8 Å². The number of anilines is 3. The summed E-state index contributed by atoms with van der Waals surface area (Å²) < 4.78 is 0. The molecule has 0 saturated carbocycles. The predicted molar refractivity (Wildman–Crippen MR) is 91.0 cm³/mol. The summed E-state index contributed by atoms with van der Waals surface area (Å²) in [7, 11) is 0. The predicted octanol–water partition coefficient (Wildman–Crippen LogP) is 2.05. The maximum absolute atomic E-state index is 12.1. The molecule has 124 valence electrons. The van der Waals surface area contributed by atoms with Crippen molar-refractivity contribution in [3.63, 3.8) is 0 Å². The number of amides is 2. The molecule has 1 saturated heterocycles. The van der Waals surface area contributed by atoms with Crippen molar-refractivity contribution in [2.45, 2.75) is 32.7 Å². The van der Waals surface area contributed by atoms with E-state index in [1.807, 2.05) is 32.0 Å². The number of aromatic nitrogens is 2. The van der Waals surface area contributed by atoms with E-state index >= 15 is 0 Å². The Bertz CT molecular complexity index is 770. The maximum atomic E-state index is 12.1. The van der Waals surface area contributed by atoms with Crippen LogP contribution in [0.4, 0.5) is 17.3 Å². The van der Waals surface area contributed by atoms with Crippen LogP contribution in [0.3, 0.4) is 0 Å². The summed E-state index contributed by atoms with van der Waals surface area (Å²) in [4.78, 5) is 32.0. The first-order valence-electron chi connectivity index (χ1n) is 7.79. The van der Waals surface area contributed by atoms with Crippen LogP contribution in [-0.4, -0.2) is 27.8 Å². The average Bonchev–Trinajstić information content (AvgIpc) is 2.93. The second-order valence-corrected chi connectivity index (χ2v) is 5.83. The summed E-state index contributed by atoms with van der Waals surface area (Å²) >= 11 is 0. The minimum atomic E-state index is -0.461. The summed E-state index contributed by atoms with van der Waals surface area (Å²) in [5.41, 5.74) is 3.18. The normalized spacial score (nSPS) is 16.6. The lowest BCUT2D eigenvalue weighted by Crippen LogP contribution is -2.37. The Kier molecular flexibility index (Phi) is 4.41. The number of carbonyl (C=O) groups excluding carboxylic acids is 2. The van der Waals surface area contributed by atoms with E-state index in [-0.39, 0.29) is 11.8 Å². The Hall–Kier alpha value is -2.96. The highest BCUT2D eigenvalue weighted by atomic mass is 16.2. The first-order valence-corrected chi connectivity index (χ1v) is 7.79. The molecule has 7 nitrogen and oxygen atoms in total. The largest absolute Gasteiger partial charge is 0.344 e. The highest BCUT2D eigenvalue weighted by Crippen LogP contribution is 2.19. The van der Waals surface area contributed by atoms with Gasteiger partial charge < -0.3 is 16.0 Å². The van der Waals surface area contributed by atoms with Crippen molar-refractivity contribution in [2.75, 3.05) is 10.6 Å². The van der Waals surface area contributed by atoms with Crippen molar-refractivity contribution < 1.29 is 9.59 Å². The van der Waals surface area contributed by atoms with E-state index in [1.165, 1.54) is 0 Å². The molecule has 7 heteroatoms. The molecule has 0 radical (unpaired) electrons. The molecule has 0 aliphatic carbocycles. The van der Waals surface area contributed by atoms with Gasteiger partial charge in [-0.05, 0) is 44.5 Å². The Morgan fingerprint density at radius 2 is 1.88 bits per heavy atom. The first kappa shape index (κ1) is 15.9. The van der Waals surface area contributed by atoms with Gasteiger partial charge >= 0.3 is 0 Å². The van der Waals surface area contributed by atoms with Crippen LogP contribution in [-0.2, 0) is 9.59 Å². The molecular formula is C17H19N5O2. The maximum Gasteiger partial charge on any atom is 0.246 e. The lowest BCUT2D eigenvalue weighted by atomic mass is 10.2. The summed E-state index contributed by atoms with van der Waals surface area (Å²) in [5, 5.41) is 8.61. The van der Waals surface area contributed by atoms with Gasteiger partial charge in [0.15, 0.2) is 0 Å². The number of aryl methyl sites for hydroxylation is 2. The van der Waals surface area contributed by atoms with Crippen LogP contribution in [0.15, 0.2) is 30.3 Å². The standard InChI is InChI=1S/C17H19N5O2/c1-10-8-11(2)19-17(18-10)21-13-5-3-4-12(9-13)20-16(24)14-6-7-15(23)22-14/h3-5,8-9,14H,6-7H2,1-2H3,(H,20,24)(H,22,23)(H,18,19,21). The Labute approximate surface area is 139 Å². The molecule has 1 aliphatic heterocycles. The molecule has 2 heterocycles. The van der Waals surface area contributed by atoms with Gasteiger partial charge in [-0.25, -0.2) is 9.97 Å². The molecule has 1 unspecified atom stereocenters. The minimum Gasteiger partial charge on any atom is -0.344 e. The second kappa shape index (κ2) is 6.66. The fourth-order valence-electron chi connectivity index (χ4n) is 2.63. The SMILES string of the molecule is Cc1cc(C)nc(Nc2cccc(NC(=O)C3CCC(=O)N3)c2)n1. The lowest BCUT2D eigenvalue weighted by Gasteiger charge is -2.12. The molecule has 3 N–H and O–H groups in total. The highest BCUT2D eigenvalue weighted by molar-refractivity contribution is 5.99. The van der Waals surface area contributed by atoms with E-state index in [0.29, 0.717) is 24.5 Å². The second-order valence-electron chi connectivity index (χ2n) is 5.83. The van der Waals surface area contributed by atoms with Crippen molar-refractivity contribution in [1.82, 2.24) is 15.3 Å². The van der Waals surface area contributed by atoms with Crippen LogP contribution >= 0.6 is 0 Å². The number of rotatable bonds is 4. The zero-order valence-electron chi connectivity index (χ0n) is 13.6. The monoisotopic (exact) mass is 325 g/mol. The number of carbonyl (C=O) groups is 2. The van der Waals surface area contributed by atoms with Crippen molar-refractivity contribution >= 4 is 29.1 Å². The van der Waals surface area contributed by atoms with Crippen molar-refractivity contribution in [1.29, 1.82) is 0 Å². The van der Waals surface area contributed by atoms with Crippen LogP contribution < -0.4 is 16.0 Å². The van der Waals surface area contributed by atoms with E-state index in [4.69, 9.17) is 0 Å².